The van der Waals surface area contributed by atoms with Gasteiger partial charge in [-0.2, -0.15) is 4.31 Å². The van der Waals surface area contributed by atoms with Crippen LogP contribution in [0.5, 0.6) is 0 Å². The lowest BCUT2D eigenvalue weighted by Crippen LogP contribution is -2.48. The molecule has 18 heavy (non-hydrogen) atoms. The van der Waals surface area contributed by atoms with E-state index in [-0.39, 0.29) is 17.0 Å². The van der Waals surface area contributed by atoms with E-state index in [4.69, 9.17) is 5.73 Å². The molecule has 1 aliphatic rings. The van der Waals surface area contributed by atoms with Crippen molar-refractivity contribution in [3.05, 3.63) is 22.9 Å². The van der Waals surface area contributed by atoms with Gasteiger partial charge in [-0.25, -0.2) is 8.42 Å². The first kappa shape index (κ1) is 13.9. The third kappa shape index (κ3) is 2.74. The van der Waals surface area contributed by atoms with Crippen LogP contribution in [0.1, 0.15) is 19.8 Å². The first-order valence-electron chi connectivity index (χ1n) is 5.79. The van der Waals surface area contributed by atoms with Crippen molar-refractivity contribution in [2.45, 2.75) is 36.7 Å². The Morgan fingerprint density at radius 1 is 1.50 bits per heavy atom. The highest BCUT2D eigenvalue weighted by molar-refractivity contribution is 9.10. The van der Waals surface area contributed by atoms with Crippen LogP contribution in [-0.4, -0.2) is 36.3 Å². The molecular weight excluding hydrogens is 318 g/mol. The fourth-order valence-electron chi connectivity index (χ4n) is 2.21. The van der Waals surface area contributed by atoms with Gasteiger partial charge in [-0.15, -0.1) is 0 Å². The monoisotopic (exact) mass is 333 g/mol. The van der Waals surface area contributed by atoms with Crippen molar-refractivity contribution < 1.29 is 8.42 Å². The summed E-state index contributed by atoms with van der Waals surface area (Å²) in [5, 5.41) is 0. The average molecular weight is 334 g/mol. The van der Waals surface area contributed by atoms with E-state index < -0.39 is 10.0 Å². The van der Waals surface area contributed by atoms with Gasteiger partial charge in [-0.1, -0.05) is 0 Å². The molecular formula is C11H16BrN3O2S. The minimum Gasteiger partial charge on any atom is -0.328 e. The van der Waals surface area contributed by atoms with E-state index in [1.807, 2.05) is 6.92 Å². The SMILES string of the molecule is CC1CC(N)CCN1S(=O)(=O)c1cncc(Br)c1. The molecule has 1 aliphatic heterocycles. The quantitative estimate of drug-likeness (QED) is 0.886. The number of hydrogen-bond acceptors (Lipinski definition) is 4. The van der Waals surface area contributed by atoms with E-state index in [2.05, 4.69) is 20.9 Å². The predicted molar refractivity (Wildman–Crippen MR) is 72.5 cm³/mol. The molecule has 2 atom stereocenters. The molecule has 1 fully saturated rings. The van der Waals surface area contributed by atoms with E-state index in [9.17, 15) is 8.42 Å². The number of pyridine rings is 1. The van der Waals surface area contributed by atoms with Crippen LogP contribution in [0.15, 0.2) is 27.8 Å². The van der Waals surface area contributed by atoms with Gasteiger partial charge >= 0.3 is 0 Å². The Bertz CT molecular complexity index is 535. The molecule has 1 saturated heterocycles. The van der Waals surface area contributed by atoms with Crippen LogP contribution in [0.25, 0.3) is 0 Å². The highest BCUT2D eigenvalue weighted by atomic mass is 79.9. The van der Waals surface area contributed by atoms with E-state index in [0.29, 0.717) is 23.9 Å². The number of hydrogen-bond donors (Lipinski definition) is 1. The van der Waals surface area contributed by atoms with Crippen molar-refractivity contribution in [3.63, 3.8) is 0 Å². The zero-order valence-corrected chi connectivity index (χ0v) is 12.5. The lowest BCUT2D eigenvalue weighted by Gasteiger charge is -2.35. The Kier molecular flexibility index (Phi) is 4.05. The fraction of sp³-hybridized carbons (Fsp3) is 0.545. The second-order valence-corrected chi connectivity index (χ2v) is 7.39. The van der Waals surface area contributed by atoms with Crippen LogP contribution in [0.3, 0.4) is 0 Å². The Labute approximate surface area is 116 Å². The summed E-state index contributed by atoms with van der Waals surface area (Å²) < 4.78 is 27.1. The maximum Gasteiger partial charge on any atom is 0.244 e. The molecule has 0 spiro atoms. The van der Waals surface area contributed by atoms with Crippen LogP contribution < -0.4 is 5.73 Å². The molecule has 1 aromatic rings. The molecule has 7 heteroatoms. The van der Waals surface area contributed by atoms with Gasteiger partial charge in [0.2, 0.25) is 10.0 Å². The van der Waals surface area contributed by atoms with E-state index in [0.717, 1.165) is 0 Å². The summed E-state index contributed by atoms with van der Waals surface area (Å²) in [6, 6.07) is 1.59. The van der Waals surface area contributed by atoms with Crippen molar-refractivity contribution in [1.29, 1.82) is 0 Å². The summed E-state index contributed by atoms with van der Waals surface area (Å²) in [6.45, 7) is 2.36. The molecule has 0 bridgehead atoms. The molecule has 0 amide bonds. The molecule has 1 aromatic heterocycles. The van der Waals surface area contributed by atoms with Crippen molar-refractivity contribution in [3.8, 4) is 0 Å². The minimum atomic E-state index is -3.47. The van der Waals surface area contributed by atoms with Crippen molar-refractivity contribution >= 4 is 26.0 Å². The molecule has 0 aliphatic carbocycles. The van der Waals surface area contributed by atoms with Gasteiger partial charge in [0, 0.05) is 35.5 Å². The lowest BCUT2D eigenvalue weighted by atomic mass is 10.0. The van der Waals surface area contributed by atoms with Crippen LogP contribution >= 0.6 is 15.9 Å². The highest BCUT2D eigenvalue weighted by Crippen LogP contribution is 2.25. The standard InChI is InChI=1S/C11H16BrN3O2S/c1-8-4-10(13)2-3-15(8)18(16,17)11-5-9(12)6-14-7-11/h5-8,10H,2-4,13H2,1H3. The van der Waals surface area contributed by atoms with Crippen LogP contribution in [-0.2, 0) is 10.0 Å². The smallest absolute Gasteiger partial charge is 0.244 e. The van der Waals surface area contributed by atoms with Crippen LogP contribution in [0.4, 0.5) is 0 Å². The van der Waals surface area contributed by atoms with Gasteiger partial charge in [0.1, 0.15) is 4.90 Å². The molecule has 0 saturated carbocycles. The first-order chi connectivity index (χ1) is 8.41. The normalized spacial score (nSPS) is 26.2. The van der Waals surface area contributed by atoms with Gasteiger partial charge < -0.3 is 5.73 Å². The molecule has 0 radical (unpaired) electrons. The predicted octanol–water partition coefficient (Wildman–Crippen LogP) is 1.34. The summed E-state index contributed by atoms with van der Waals surface area (Å²) in [5.74, 6) is 0. The zero-order chi connectivity index (χ0) is 13.3. The Morgan fingerprint density at radius 3 is 2.83 bits per heavy atom. The summed E-state index contributed by atoms with van der Waals surface area (Å²) in [4.78, 5) is 4.13. The topological polar surface area (TPSA) is 76.3 Å². The van der Waals surface area contributed by atoms with E-state index in [1.54, 1.807) is 12.3 Å². The first-order valence-corrected chi connectivity index (χ1v) is 8.02. The Hall–Kier alpha value is -0.500. The van der Waals surface area contributed by atoms with Gasteiger partial charge in [0.15, 0.2) is 0 Å². The number of nitrogens with zero attached hydrogens (tertiary/aromatic N) is 2. The van der Waals surface area contributed by atoms with Gasteiger partial charge in [0.25, 0.3) is 0 Å². The summed E-state index contributed by atoms with van der Waals surface area (Å²) >= 11 is 3.24. The lowest BCUT2D eigenvalue weighted by molar-refractivity contribution is 0.247. The molecule has 5 nitrogen and oxygen atoms in total. The number of sulfonamides is 1. The molecule has 0 aromatic carbocycles. The minimum absolute atomic E-state index is 0.0715. The van der Waals surface area contributed by atoms with Gasteiger partial charge in [0.05, 0.1) is 0 Å². The van der Waals surface area contributed by atoms with Gasteiger partial charge in [-0.05, 0) is 41.8 Å². The number of rotatable bonds is 2. The number of piperidine rings is 1. The van der Waals surface area contributed by atoms with E-state index in [1.165, 1.54) is 10.5 Å². The van der Waals surface area contributed by atoms with Crippen LogP contribution in [0, 0.1) is 0 Å². The third-order valence-electron chi connectivity index (χ3n) is 3.14. The number of nitrogens with two attached hydrogens (primary N) is 1. The molecule has 100 valence electrons. The largest absolute Gasteiger partial charge is 0.328 e. The molecule has 2 rings (SSSR count). The molecule has 2 heterocycles. The van der Waals surface area contributed by atoms with Gasteiger partial charge in [-0.3, -0.25) is 4.98 Å². The summed E-state index contributed by atoms with van der Waals surface area (Å²) in [6.07, 6.45) is 4.33. The van der Waals surface area contributed by atoms with Crippen molar-refractivity contribution in [2.75, 3.05) is 6.54 Å². The maximum absolute atomic E-state index is 12.5. The summed E-state index contributed by atoms with van der Waals surface area (Å²) in [7, 11) is -3.47. The maximum atomic E-state index is 12.5. The van der Waals surface area contributed by atoms with Crippen molar-refractivity contribution in [1.82, 2.24) is 9.29 Å². The Balaban J connectivity index is 2.31. The highest BCUT2D eigenvalue weighted by Gasteiger charge is 2.33. The third-order valence-corrected chi connectivity index (χ3v) is 5.55. The zero-order valence-electron chi connectivity index (χ0n) is 10.1. The second kappa shape index (κ2) is 5.24. The summed E-state index contributed by atoms with van der Waals surface area (Å²) in [5.41, 5.74) is 5.85. The van der Waals surface area contributed by atoms with E-state index >= 15 is 0 Å². The number of halogens is 1. The molecule has 2 N–H and O–H groups in total. The second-order valence-electron chi connectivity index (χ2n) is 4.59. The average Bonchev–Trinajstić information content (AvgIpc) is 2.28. The molecule has 2 unspecified atom stereocenters. The Morgan fingerprint density at radius 2 is 2.22 bits per heavy atom. The fourth-order valence-corrected chi connectivity index (χ4v) is 4.38. The van der Waals surface area contributed by atoms with Crippen LogP contribution in [0.2, 0.25) is 0 Å². The van der Waals surface area contributed by atoms with Crippen molar-refractivity contribution in [2.24, 2.45) is 5.73 Å². The number of aromatic nitrogens is 1.